The smallest absolute Gasteiger partial charge is 0.191 e. The number of halogens is 1. The predicted octanol–water partition coefficient (Wildman–Crippen LogP) is 3.21. The van der Waals surface area contributed by atoms with Crippen molar-refractivity contribution in [2.45, 2.75) is 44.0 Å². The Morgan fingerprint density at radius 1 is 1.42 bits per heavy atom. The first-order valence-electron chi connectivity index (χ1n) is 8.13. The molecule has 2 atom stereocenters. The predicted molar refractivity (Wildman–Crippen MR) is 114 cm³/mol. The van der Waals surface area contributed by atoms with Gasteiger partial charge in [-0.15, -0.1) is 24.0 Å². The highest BCUT2D eigenvalue weighted by Gasteiger charge is 2.24. The molecule has 0 bridgehead atoms. The fourth-order valence-corrected chi connectivity index (χ4v) is 3.93. The minimum atomic E-state index is 0. The summed E-state index contributed by atoms with van der Waals surface area (Å²) in [6.45, 7) is 2.77. The molecule has 0 amide bonds. The number of guanidine groups is 1. The summed E-state index contributed by atoms with van der Waals surface area (Å²) >= 11 is 1.97. The third-order valence-corrected chi connectivity index (χ3v) is 5.56. The molecule has 5 nitrogen and oxygen atoms in total. The van der Waals surface area contributed by atoms with Crippen molar-refractivity contribution in [2.24, 2.45) is 4.99 Å². The van der Waals surface area contributed by atoms with Crippen LogP contribution >= 0.6 is 35.7 Å². The maximum absolute atomic E-state index is 4.65. The van der Waals surface area contributed by atoms with Gasteiger partial charge in [-0.25, -0.2) is 4.98 Å². The highest BCUT2D eigenvalue weighted by molar-refractivity contribution is 14.0. The van der Waals surface area contributed by atoms with Gasteiger partial charge in [0.25, 0.3) is 0 Å². The van der Waals surface area contributed by atoms with E-state index in [0.29, 0.717) is 12.6 Å². The topological polar surface area (TPSA) is 53.7 Å². The van der Waals surface area contributed by atoms with Gasteiger partial charge in [-0.05, 0) is 44.6 Å². The van der Waals surface area contributed by atoms with E-state index in [4.69, 9.17) is 0 Å². The van der Waals surface area contributed by atoms with E-state index in [1.807, 2.05) is 30.9 Å². The summed E-state index contributed by atoms with van der Waals surface area (Å²) in [6, 6.07) is 6.69. The van der Waals surface area contributed by atoms with Gasteiger partial charge in [-0.1, -0.05) is 6.07 Å². The molecule has 0 aliphatic heterocycles. The number of fused-ring (bicyclic) bond motifs is 1. The molecule has 1 aliphatic carbocycles. The van der Waals surface area contributed by atoms with E-state index in [9.17, 15) is 0 Å². The molecule has 1 saturated carbocycles. The Morgan fingerprint density at radius 2 is 2.25 bits per heavy atom. The van der Waals surface area contributed by atoms with Crippen molar-refractivity contribution < 1.29 is 0 Å². The highest BCUT2D eigenvalue weighted by Crippen LogP contribution is 2.27. The number of imidazole rings is 1. The Morgan fingerprint density at radius 3 is 2.92 bits per heavy atom. The maximum Gasteiger partial charge on any atom is 0.191 e. The first-order chi connectivity index (χ1) is 11.2. The van der Waals surface area contributed by atoms with E-state index >= 15 is 0 Å². The highest BCUT2D eigenvalue weighted by atomic mass is 127. The number of thioether (sulfide) groups is 1. The van der Waals surface area contributed by atoms with Gasteiger partial charge in [0.05, 0.1) is 12.2 Å². The van der Waals surface area contributed by atoms with E-state index in [1.54, 1.807) is 0 Å². The van der Waals surface area contributed by atoms with Crippen LogP contribution in [0.15, 0.2) is 29.4 Å². The van der Waals surface area contributed by atoms with Gasteiger partial charge in [0.15, 0.2) is 5.96 Å². The zero-order valence-corrected chi connectivity index (χ0v) is 17.6. The lowest BCUT2D eigenvalue weighted by molar-refractivity contribution is 0.614. The molecule has 2 aromatic heterocycles. The molecule has 7 heteroatoms. The molecule has 0 spiro atoms. The lowest BCUT2D eigenvalue weighted by atomic mass is 10.2. The van der Waals surface area contributed by atoms with E-state index in [-0.39, 0.29) is 24.0 Å². The van der Waals surface area contributed by atoms with Crippen molar-refractivity contribution >= 4 is 47.3 Å². The average molecular weight is 459 g/mol. The lowest BCUT2D eigenvalue weighted by Crippen LogP contribution is -2.42. The summed E-state index contributed by atoms with van der Waals surface area (Å²) < 4.78 is 2.12. The van der Waals surface area contributed by atoms with Crippen molar-refractivity contribution in [2.75, 3.05) is 13.3 Å². The Balaban J connectivity index is 0.00000208. The zero-order valence-electron chi connectivity index (χ0n) is 14.5. The van der Waals surface area contributed by atoms with Crippen molar-refractivity contribution in [3.8, 4) is 0 Å². The minimum absolute atomic E-state index is 0. The number of hydrogen-bond acceptors (Lipinski definition) is 3. The number of aliphatic imine (C=N–C) groups is 1. The van der Waals surface area contributed by atoms with Crippen LogP contribution in [0, 0.1) is 6.92 Å². The molecule has 2 heterocycles. The molecule has 24 heavy (non-hydrogen) atoms. The molecule has 0 saturated heterocycles. The molecule has 132 valence electrons. The van der Waals surface area contributed by atoms with Crippen molar-refractivity contribution in [1.29, 1.82) is 0 Å². The van der Waals surface area contributed by atoms with Gasteiger partial charge >= 0.3 is 0 Å². The summed E-state index contributed by atoms with van der Waals surface area (Å²) in [5.41, 5.74) is 3.21. The number of aryl methyl sites for hydroxylation is 1. The van der Waals surface area contributed by atoms with Gasteiger partial charge in [0.2, 0.25) is 0 Å². The van der Waals surface area contributed by atoms with Crippen molar-refractivity contribution in [1.82, 2.24) is 20.0 Å². The summed E-state index contributed by atoms with van der Waals surface area (Å²) in [4.78, 5) is 8.99. The Hall–Kier alpha value is -0.960. The van der Waals surface area contributed by atoms with E-state index in [0.717, 1.165) is 22.6 Å². The van der Waals surface area contributed by atoms with Gasteiger partial charge in [0.1, 0.15) is 5.65 Å². The Kier molecular flexibility index (Phi) is 7.21. The van der Waals surface area contributed by atoms with Crippen LogP contribution in [0.5, 0.6) is 0 Å². The summed E-state index contributed by atoms with van der Waals surface area (Å²) in [5, 5.41) is 7.70. The molecule has 1 fully saturated rings. The van der Waals surface area contributed by atoms with E-state index in [1.165, 1.54) is 25.0 Å². The molecule has 1 aliphatic rings. The van der Waals surface area contributed by atoms with Crippen LogP contribution in [-0.4, -0.2) is 39.9 Å². The summed E-state index contributed by atoms with van der Waals surface area (Å²) in [5.74, 6) is 0.866. The average Bonchev–Trinajstić information content (AvgIpc) is 3.18. The molecular weight excluding hydrogens is 433 g/mol. The van der Waals surface area contributed by atoms with Gasteiger partial charge < -0.3 is 15.0 Å². The fourth-order valence-electron chi connectivity index (χ4n) is 3.13. The summed E-state index contributed by atoms with van der Waals surface area (Å²) in [7, 11) is 1.82. The second-order valence-electron chi connectivity index (χ2n) is 6.07. The van der Waals surface area contributed by atoms with Crippen LogP contribution < -0.4 is 10.6 Å². The SMILES string of the molecule is CN=C(NCc1cn2c(C)cccc2n1)NC1CCC(SC)C1.I. The summed E-state index contributed by atoms with van der Waals surface area (Å²) in [6.07, 6.45) is 8.02. The van der Waals surface area contributed by atoms with Crippen LogP contribution in [0.2, 0.25) is 0 Å². The van der Waals surface area contributed by atoms with Crippen molar-refractivity contribution in [3.05, 3.63) is 35.8 Å². The molecule has 2 N–H and O–H groups in total. The second-order valence-corrected chi connectivity index (χ2v) is 7.20. The molecule has 2 unspecified atom stereocenters. The maximum atomic E-state index is 4.65. The van der Waals surface area contributed by atoms with E-state index < -0.39 is 0 Å². The molecule has 3 rings (SSSR count). The zero-order chi connectivity index (χ0) is 16.2. The number of pyridine rings is 1. The van der Waals surface area contributed by atoms with Crippen LogP contribution in [-0.2, 0) is 6.54 Å². The van der Waals surface area contributed by atoms with Crippen LogP contribution in [0.1, 0.15) is 30.7 Å². The first kappa shape index (κ1) is 19.4. The van der Waals surface area contributed by atoms with Gasteiger partial charge in [0, 0.05) is 30.2 Å². The molecular formula is C17H26IN5S. The molecule has 0 radical (unpaired) electrons. The van der Waals surface area contributed by atoms with Crippen LogP contribution in [0.25, 0.3) is 5.65 Å². The molecule has 0 aromatic carbocycles. The number of rotatable bonds is 4. The third-order valence-electron chi connectivity index (χ3n) is 4.47. The van der Waals surface area contributed by atoms with Crippen LogP contribution in [0.3, 0.4) is 0 Å². The van der Waals surface area contributed by atoms with Crippen molar-refractivity contribution in [3.63, 3.8) is 0 Å². The van der Waals surface area contributed by atoms with Crippen LogP contribution in [0.4, 0.5) is 0 Å². The molecule has 2 aromatic rings. The van der Waals surface area contributed by atoms with E-state index in [2.05, 4.69) is 50.5 Å². The number of aromatic nitrogens is 2. The largest absolute Gasteiger partial charge is 0.354 e. The number of nitrogens with zero attached hydrogens (tertiary/aromatic N) is 3. The van der Waals surface area contributed by atoms with Gasteiger partial charge in [-0.2, -0.15) is 11.8 Å². The van der Waals surface area contributed by atoms with Gasteiger partial charge in [-0.3, -0.25) is 4.99 Å². The first-order valence-corrected chi connectivity index (χ1v) is 9.42. The number of nitrogens with one attached hydrogen (secondary N) is 2. The fraction of sp³-hybridized carbons (Fsp3) is 0.529. The standard InChI is InChI=1S/C17H25N5S.HI/c1-12-5-4-6-16-20-14(11-22(12)16)10-19-17(18-2)21-13-7-8-15(9-13)23-3;/h4-6,11,13,15H,7-10H2,1-3H3,(H2,18,19,21);1H. The second kappa shape index (κ2) is 8.94. The quantitative estimate of drug-likeness (QED) is 0.419. The third kappa shape index (κ3) is 4.56. The Bertz CT molecular complexity index is 699. The normalized spacial score (nSPS) is 20.9. The Labute approximate surface area is 165 Å². The monoisotopic (exact) mass is 459 g/mol. The minimum Gasteiger partial charge on any atom is -0.354 e. The lowest BCUT2D eigenvalue weighted by Gasteiger charge is -2.16. The number of hydrogen-bond donors (Lipinski definition) is 2.